The van der Waals surface area contributed by atoms with Gasteiger partial charge in [-0.1, -0.05) is 37.3 Å². The highest BCUT2D eigenvalue weighted by atomic mass is 19.4. The quantitative estimate of drug-likeness (QED) is 0.627. The topological polar surface area (TPSA) is 40.5 Å². The molecule has 1 saturated heterocycles. The fourth-order valence-electron chi connectivity index (χ4n) is 3.97. The molecule has 9 heteroatoms. The number of hydrogen-bond donors (Lipinski definition) is 1. The highest BCUT2D eigenvalue weighted by Gasteiger charge is 2.38. The van der Waals surface area contributed by atoms with Crippen LogP contribution >= 0.6 is 0 Å². The number of benzene rings is 2. The van der Waals surface area contributed by atoms with E-state index in [1.165, 1.54) is 42.2 Å². The summed E-state index contributed by atoms with van der Waals surface area (Å²) in [5.74, 6) is -1.21. The number of aliphatic hydroxyl groups is 1. The van der Waals surface area contributed by atoms with Crippen LogP contribution in [0.2, 0.25) is 0 Å². The molecule has 0 aliphatic carbocycles. The minimum Gasteiger partial charge on any atom is -0.391 e. The zero-order valence-corrected chi connectivity index (χ0v) is 16.5. The molecule has 0 unspecified atom stereocenters. The van der Waals surface area contributed by atoms with Gasteiger partial charge < -0.3 is 10.0 Å². The van der Waals surface area contributed by atoms with Gasteiger partial charge >= 0.3 is 12.4 Å². The first-order chi connectivity index (χ1) is 14.4. The maximum Gasteiger partial charge on any atom is 0.416 e. The van der Waals surface area contributed by atoms with Crippen molar-refractivity contribution in [3.05, 3.63) is 70.8 Å². The zero-order valence-electron chi connectivity index (χ0n) is 16.5. The zero-order chi connectivity index (χ0) is 23.0. The summed E-state index contributed by atoms with van der Waals surface area (Å²) in [6, 6.07) is 8.72. The Balaban J connectivity index is 1.79. The monoisotopic (exact) mass is 445 g/mol. The molecule has 0 radical (unpaired) electrons. The van der Waals surface area contributed by atoms with Crippen LogP contribution in [0.4, 0.5) is 26.3 Å². The van der Waals surface area contributed by atoms with Crippen molar-refractivity contribution in [3.8, 4) is 0 Å². The summed E-state index contributed by atoms with van der Waals surface area (Å²) in [5.41, 5.74) is -1.21. The van der Waals surface area contributed by atoms with Crippen LogP contribution in [0.5, 0.6) is 0 Å². The molecule has 31 heavy (non-hydrogen) atoms. The molecule has 3 rings (SSSR count). The predicted molar refractivity (Wildman–Crippen MR) is 101 cm³/mol. The molecule has 1 amide bonds. The Bertz CT molecular complexity index is 923. The van der Waals surface area contributed by atoms with Gasteiger partial charge in [0.15, 0.2) is 0 Å². The first-order valence-electron chi connectivity index (χ1n) is 9.68. The molecule has 3 atom stereocenters. The number of rotatable bonds is 4. The van der Waals surface area contributed by atoms with Crippen LogP contribution in [0.25, 0.3) is 0 Å². The van der Waals surface area contributed by atoms with Crippen molar-refractivity contribution in [2.24, 2.45) is 0 Å². The maximum absolute atomic E-state index is 13.3. The fourth-order valence-corrected chi connectivity index (χ4v) is 3.97. The number of β-amino-alcohol motifs (C(OH)–C–C–N with tert-alkyl or cyclic N) is 1. The lowest BCUT2D eigenvalue weighted by Crippen LogP contribution is -2.32. The van der Waals surface area contributed by atoms with Crippen LogP contribution in [0.15, 0.2) is 48.5 Å². The van der Waals surface area contributed by atoms with Crippen molar-refractivity contribution in [3.63, 3.8) is 0 Å². The number of nitrogens with zero attached hydrogens (tertiary/aromatic N) is 1. The van der Waals surface area contributed by atoms with Crippen LogP contribution in [0.1, 0.15) is 54.0 Å². The second-order valence-electron chi connectivity index (χ2n) is 7.76. The average molecular weight is 445 g/mol. The Hall–Kier alpha value is -2.55. The summed E-state index contributed by atoms with van der Waals surface area (Å²) in [7, 11) is 0. The van der Waals surface area contributed by atoms with Gasteiger partial charge in [0.25, 0.3) is 0 Å². The standard InChI is InChI=1S/C22H21F6NO2/c1-13(17-4-2-3-5-18(17)22(26,27)28)10-20(31)29-12-16(30)11-19(29)14-6-8-15(9-7-14)21(23,24)25/h2-9,13,16,19,30H,10-12H2,1H3/t13-,16-,19+/m1/s1. The molecule has 0 spiro atoms. The number of hydrogen-bond acceptors (Lipinski definition) is 2. The van der Waals surface area contributed by atoms with E-state index in [1.807, 2.05) is 0 Å². The van der Waals surface area contributed by atoms with Crippen LogP contribution in [-0.2, 0) is 17.1 Å². The molecule has 2 aromatic rings. The van der Waals surface area contributed by atoms with E-state index in [2.05, 4.69) is 0 Å². The van der Waals surface area contributed by atoms with Gasteiger partial charge in [-0.05, 0) is 41.7 Å². The third-order valence-corrected chi connectivity index (χ3v) is 5.50. The van der Waals surface area contributed by atoms with E-state index in [1.54, 1.807) is 0 Å². The van der Waals surface area contributed by atoms with Gasteiger partial charge in [-0.2, -0.15) is 26.3 Å². The number of halogens is 6. The molecule has 2 aromatic carbocycles. The van der Waals surface area contributed by atoms with Gasteiger partial charge in [0, 0.05) is 13.0 Å². The van der Waals surface area contributed by atoms with E-state index in [9.17, 15) is 36.2 Å². The first-order valence-corrected chi connectivity index (χ1v) is 9.68. The van der Waals surface area contributed by atoms with Gasteiger partial charge in [0.05, 0.1) is 23.3 Å². The largest absolute Gasteiger partial charge is 0.416 e. The van der Waals surface area contributed by atoms with Gasteiger partial charge in [0.2, 0.25) is 5.91 Å². The van der Waals surface area contributed by atoms with Crippen LogP contribution in [0, 0.1) is 0 Å². The van der Waals surface area contributed by atoms with Gasteiger partial charge in [-0.15, -0.1) is 0 Å². The van der Waals surface area contributed by atoms with Crippen molar-refractivity contribution < 1.29 is 36.2 Å². The number of carbonyl (C=O) groups is 1. The summed E-state index contributed by atoms with van der Waals surface area (Å²) < 4.78 is 78.3. The van der Waals surface area contributed by atoms with Crippen molar-refractivity contribution >= 4 is 5.91 Å². The lowest BCUT2D eigenvalue weighted by Gasteiger charge is -2.27. The summed E-state index contributed by atoms with van der Waals surface area (Å²) in [4.78, 5) is 14.2. The van der Waals surface area contributed by atoms with Crippen LogP contribution in [0.3, 0.4) is 0 Å². The van der Waals surface area contributed by atoms with Gasteiger partial charge in [-0.3, -0.25) is 4.79 Å². The lowest BCUT2D eigenvalue weighted by molar-refractivity contribution is -0.139. The van der Waals surface area contributed by atoms with E-state index in [0.717, 1.165) is 18.2 Å². The van der Waals surface area contributed by atoms with E-state index < -0.39 is 47.5 Å². The first kappa shape index (κ1) is 23.1. The molecule has 0 aromatic heterocycles. The number of alkyl halides is 6. The molecular weight excluding hydrogens is 424 g/mol. The molecule has 168 valence electrons. The second-order valence-corrected chi connectivity index (χ2v) is 7.76. The molecule has 1 N–H and O–H groups in total. The SMILES string of the molecule is C[C@H](CC(=O)N1C[C@H](O)C[C@H]1c1ccc(C(F)(F)F)cc1)c1ccccc1C(F)(F)F. The molecular formula is C22H21F6NO2. The molecule has 1 aliphatic heterocycles. The Morgan fingerprint density at radius 3 is 2.23 bits per heavy atom. The average Bonchev–Trinajstić information content (AvgIpc) is 3.08. The smallest absolute Gasteiger partial charge is 0.391 e. The fraction of sp³-hybridized carbons (Fsp3) is 0.409. The normalized spacial score (nSPS) is 20.7. The Morgan fingerprint density at radius 1 is 1.03 bits per heavy atom. The summed E-state index contributed by atoms with van der Waals surface area (Å²) in [5, 5.41) is 10.0. The summed E-state index contributed by atoms with van der Waals surface area (Å²) >= 11 is 0. The number of carbonyl (C=O) groups excluding carboxylic acids is 1. The second kappa shape index (κ2) is 8.53. The minimum absolute atomic E-state index is 0.00539. The summed E-state index contributed by atoms with van der Waals surface area (Å²) in [6.45, 7) is 1.49. The maximum atomic E-state index is 13.3. The molecule has 0 bridgehead atoms. The Kier molecular flexibility index (Phi) is 6.36. The summed E-state index contributed by atoms with van der Waals surface area (Å²) in [6.07, 6.45) is -10.00. The van der Waals surface area contributed by atoms with Crippen LogP contribution < -0.4 is 0 Å². The third kappa shape index (κ3) is 5.20. The van der Waals surface area contributed by atoms with Crippen molar-refractivity contribution in [2.45, 2.75) is 50.2 Å². The van der Waals surface area contributed by atoms with Crippen LogP contribution in [-0.4, -0.2) is 28.6 Å². The number of amides is 1. The molecule has 0 saturated carbocycles. The van der Waals surface area contributed by atoms with E-state index in [-0.39, 0.29) is 24.9 Å². The van der Waals surface area contributed by atoms with E-state index in [4.69, 9.17) is 0 Å². The van der Waals surface area contributed by atoms with E-state index >= 15 is 0 Å². The predicted octanol–water partition coefficient (Wildman–Crippen LogP) is 5.55. The van der Waals surface area contributed by atoms with Crippen molar-refractivity contribution in [2.75, 3.05) is 6.54 Å². The lowest BCUT2D eigenvalue weighted by atomic mass is 9.92. The van der Waals surface area contributed by atoms with Crippen molar-refractivity contribution in [1.82, 2.24) is 4.90 Å². The number of aliphatic hydroxyl groups excluding tert-OH is 1. The van der Waals surface area contributed by atoms with Crippen molar-refractivity contribution in [1.29, 1.82) is 0 Å². The molecule has 1 aliphatic rings. The van der Waals surface area contributed by atoms with E-state index in [0.29, 0.717) is 5.56 Å². The Morgan fingerprint density at radius 2 is 1.65 bits per heavy atom. The number of likely N-dealkylation sites (tertiary alicyclic amines) is 1. The molecule has 1 heterocycles. The highest BCUT2D eigenvalue weighted by Crippen LogP contribution is 2.38. The van der Waals surface area contributed by atoms with Gasteiger partial charge in [0.1, 0.15) is 0 Å². The third-order valence-electron chi connectivity index (χ3n) is 5.50. The minimum atomic E-state index is -4.56. The molecule has 3 nitrogen and oxygen atoms in total. The Labute approximate surface area is 175 Å². The highest BCUT2D eigenvalue weighted by molar-refractivity contribution is 5.78. The molecule has 1 fully saturated rings. The van der Waals surface area contributed by atoms with Gasteiger partial charge in [-0.25, -0.2) is 0 Å².